The van der Waals surface area contributed by atoms with Gasteiger partial charge in [0, 0.05) is 37.5 Å². The fourth-order valence-corrected chi connectivity index (χ4v) is 6.23. The Kier molecular flexibility index (Phi) is 9.51. The van der Waals surface area contributed by atoms with Crippen LogP contribution in [-0.2, 0) is 26.2 Å². The Labute approximate surface area is 258 Å². The minimum Gasteiger partial charge on any atom is -0.503 e. The van der Waals surface area contributed by atoms with Gasteiger partial charge in [0.05, 0.1) is 29.5 Å². The van der Waals surface area contributed by atoms with Crippen LogP contribution >= 0.6 is 0 Å². The van der Waals surface area contributed by atoms with Crippen molar-refractivity contribution in [3.63, 3.8) is 0 Å². The third-order valence-electron chi connectivity index (χ3n) is 8.88. The molecule has 1 aliphatic rings. The fourth-order valence-electron chi connectivity index (χ4n) is 6.23. The van der Waals surface area contributed by atoms with E-state index >= 15 is 0 Å². The maximum absolute atomic E-state index is 11.5. The van der Waals surface area contributed by atoms with E-state index in [1.807, 2.05) is 9.25 Å². The third-order valence-corrected chi connectivity index (χ3v) is 8.88. The highest BCUT2D eigenvalue weighted by Crippen LogP contribution is 2.23. The molecule has 1 saturated heterocycles. The molecular weight excluding hydrogens is 550 g/mol. The van der Waals surface area contributed by atoms with Crippen LogP contribution in [0, 0.1) is 6.92 Å². The molecule has 44 heavy (non-hydrogen) atoms. The first kappa shape index (κ1) is 29.8. The lowest BCUT2D eigenvalue weighted by molar-refractivity contribution is 0.318. The van der Waals surface area contributed by atoms with Gasteiger partial charge in [0.15, 0.2) is 5.75 Å². The van der Waals surface area contributed by atoms with E-state index in [2.05, 4.69) is 74.5 Å². The number of unbranched alkanes of at least 4 members (excludes halogenated alkanes) is 5. The number of para-hydroxylation sites is 2. The first-order chi connectivity index (χ1) is 21.5. The largest absolute Gasteiger partial charge is 0.503 e. The second-order valence-corrected chi connectivity index (χ2v) is 12.1. The number of hydrogen-bond donors (Lipinski definition) is 1. The summed E-state index contributed by atoms with van der Waals surface area (Å²) in [4.78, 5) is 19.0. The van der Waals surface area contributed by atoms with Gasteiger partial charge >= 0.3 is 0 Å². The minimum atomic E-state index is -0.312. The van der Waals surface area contributed by atoms with Crippen molar-refractivity contribution >= 4 is 11.0 Å². The Morgan fingerprint density at radius 3 is 2.36 bits per heavy atom. The summed E-state index contributed by atoms with van der Waals surface area (Å²) < 4.78 is 6.29. The van der Waals surface area contributed by atoms with Gasteiger partial charge in [-0.1, -0.05) is 67.3 Å². The molecule has 230 valence electrons. The van der Waals surface area contributed by atoms with Crippen molar-refractivity contribution in [3.8, 4) is 17.0 Å². The van der Waals surface area contributed by atoms with Crippen molar-refractivity contribution in [2.75, 3.05) is 13.1 Å². The van der Waals surface area contributed by atoms with Crippen molar-refractivity contribution in [1.82, 2.24) is 34.0 Å². The third kappa shape index (κ3) is 7.10. The number of fused-ring (bicyclic) bond motifs is 1. The van der Waals surface area contributed by atoms with Gasteiger partial charge in [0.2, 0.25) is 5.43 Å². The smallest absolute Gasteiger partial charge is 0.223 e. The molecule has 3 aromatic heterocycles. The zero-order valence-corrected chi connectivity index (χ0v) is 25.7. The number of hydrogen-bond acceptors (Lipinski definition) is 6. The molecule has 5 aromatic rings. The molecule has 0 saturated carbocycles. The van der Waals surface area contributed by atoms with E-state index in [1.165, 1.54) is 42.8 Å². The second-order valence-electron chi connectivity index (χ2n) is 12.1. The summed E-state index contributed by atoms with van der Waals surface area (Å²) >= 11 is 0. The lowest BCUT2D eigenvalue weighted by Crippen LogP contribution is -2.21. The Morgan fingerprint density at radius 2 is 1.57 bits per heavy atom. The maximum atomic E-state index is 11.5. The summed E-state index contributed by atoms with van der Waals surface area (Å²) in [6.45, 7) is 7.50. The van der Waals surface area contributed by atoms with Gasteiger partial charge in [-0.05, 0) is 63.4 Å². The zero-order valence-electron chi connectivity index (χ0n) is 25.7. The van der Waals surface area contributed by atoms with Crippen LogP contribution in [0.4, 0.5) is 0 Å². The second kappa shape index (κ2) is 14.0. The molecule has 1 aliphatic heterocycles. The van der Waals surface area contributed by atoms with E-state index in [4.69, 9.17) is 4.98 Å². The van der Waals surface area contributed by atoms with Crippen LogP contribution in [0.15, 0.2) is 71.8 Å². The number of benzene rings is 2. The molecule has 4 heterocycles. The molecule has 0 aliphatic carbocycles. The van der Waals surface area contributed by atoms with Crippen LogP contribution < -0.4 is 5.43 Å². The lowest BCUT2D eigenvalue weighted by atomic mass is 10.1. The molecule has 1 fully saturated rings. The average Bonchev–Trinajstić information content (AvgIpc) is 3.80. The maximum Gasteiger partial charge on any atom is 0.223 e. The van der Waals surface area contributed by atoms with E-state index in [0.29, 0.717) is 5.69 Å². The minimum absolute atomic E-state index is 0.137. The van der Waals surface area contributed by atoms with Crippen molar-refractivity contribution < 1.29 is 5.11 Å². The van der Waals surface area contributed by atoms with Gasteiger partial charge < -0.3 is 14.2 Å². The van der Waals surface area contributed by atoms with Crippen molar-refractivity contribution in [2.24, 2.45) is 0 Å². The van der Waals surface area contributed by atoms with Gasteiger partial charge in [-0.15, -0.1) is 5.10 Å². The summed E-state index contributed by atoms with van der Waals surface area (Å²) in [5, 5.41) is 18.6. The number of aromatic nitrogens is 6. The molecule has 9 heteroatoms. The summed E-state index contributed by atoms with van der Waals surface area (Å²) in [5.41, 5.74) is 5.83. The predicted octanol–water partition coefficient (Wildman–Crippen LogP) is 6.16. The molecule has 1 N–H and O–H groups in total. The van der Waals surface area contributed by atoms with Crippen molar-refractivity contribution in [3.05, 3.63) is 94.3 Å². The van der Waals surface area contributed by atoms with Crippen LogP contribution in [0.2, 0.25) is 0 Å². The van der Waals surface area contributed by atoms with E-state index in [9.17, 15) is 9.90 Å². The quantitative estimate of drug-likeness (QED) is 0.155. The topological polar surface area (TPSA) is 94.0 Å². The van der Waals surface area contributed by atoms with E-state index in [-0.39, 0.29) is 11.2 Å². The molecular formula is C35H43N7O2. The lowest BCUT2D eigenvalue weighted by Gasteiger charge is -2.16. The van der Waals surface area contributed by atoms with Gasteiger partial charge in [-0.25, -0.2) is 4.98 Å². The number of aryl methyl sites for hydroxylation is 2. The summed E-state index contributed by atoms with van der Waals surface area (Å²) in [5.74, 6) is 1.00. The Hall–Kier alpha value is -4.24. The van der Waals surface area contributed by atoms with Crippen LogP contribution in [0.25, 0.3) is 22.3 Å². The van der Waals surface area contributed by atoms with Gasteiger partial charge in [-0.3, -0.25) is 14.4 Å². The molecule has 2 aromatic carbocycles. The van der Waals surface area contributed by atoms with Crippen LogP contribution in [-0.4, -0.2) is 52.2 Å². The molecule has 0 amide bonds. The number of nitrogens with zero attached hydrogens (tertiary/aromatic N) is 7. The molecule has 9 nitrogen and oxygen atoms in total. The summed E-state index contributed by atoms with van der Waals surface area (Å²) in [7, 11) is 0. The normalized spacial score (nSPS) is 13.8. The van der Waals surface area contributed by atoms with Crippen molar-refractivity contribution in [1.29, 1.82) is 0 Å². The van der Waals surface area contributed by atoms with Gasteiger partial charge in [0.1, 0.15) is 11.5 Å². The molecule has 6 rings (SSSR count). The van der Waals surface area contributed by atoms with E-state index < -0.39 is 0 Å². The van der Waals surface area contributed by atoms with Gasteiger partial charge in [-0.2, -0.15) is 0 Å². The average molecular weight is 594 g/mol. The first-order valence-corrected chi connectivity index (χ1v) is 16.1. The van der Waals surface area contributed by atoms with Crippen molar-refractivity contribution in [2.45, 2.75) is 84.5 Å². The molecule has 0 atom stereocenters. The number of pyridine rings is 1. The number of aromatic hydroxyl groups is 1. The van der Waals surface area contributed by atoms with E-state index in [0.717, 1.165) is 87.6 Å². The zero-order chi connectivity index (χ0) is 30.3. The highest BCUT2D eigenvalue weighted by Gasteiger charge is 2.17. The van der Waals surface area contributed by atoms with Crippen LogP contribution in [0.5, 0.6) is 5.75 Å². The Bertz CT molecular complexity index is 1730. The SMILES string of the molecule is Cc1c(O)c(=O)ccn1CCCCCCCCn1cc(-c2ccc(Cn3c(CN4CCCC4)nc4ccccc43)cc2)nn1. The highest BCUT2D eigenvalue weighted by molar-refractivity contribution is 5.76. The monoisotopic (exact) mass is 593 g/mol. The van der Waals surface area contributed by atoms with Gasteiger partial charge in [0.25, 0.3) is 0 Å². The Balaban J connectivity index is 0.960. The standard InChI is InChI=1S/C35H43N7O2/c1-27-35(44)33(43)18-23-40(27)21-8-4-2-3-5-9-22-41-25-31(37-38-41)29-16-14-28(15-17-29)24-42-32-13-7-6-12-30(32)36-34(42)26-39-19-10-11-20-39/h6-7,12-18,23,25,44H,2-5,8-11,19-22,24,26H2,1H3. The summed E-state index contributed by atoms with van der Waals surface area (Å²) in [6.07, 6.45) is 13.1. The number of likely N-dealkylation sites (tertiary alicyclic amines) is 1. The molecule has 0 unspecified atom stereocenters. The Morgan fingerprint density at radius 1 is 0.841 bits per heavy atom. The van der Waals surface area contributed by atoms with Crippen LogP contribution in [0.1, 0.15) is 68.4 Å². The molecule has 0 radical (unpaired) electrons. The molecule has 0 spiro atoms. The van der Waals surface area contributed by atoms with E-state index in [1.54, 1.807) is 13.1 Å². The summed E-state index contributed by atoms with van der Waals surface area (Å²) in [6, 6.07) is 18.6. The molecule has 0 bridgehead atoms. The fraction of sp³-hybridized carbons (Fsp3) is 0.429. The number of imidazole rings is 1. The highest BCUT2D eigenvalue weighted by atomic mass is 16.3. The predicted molar refractivity (Wildman–Crippen MR) is 174 cm³/mol. The van der Waals surface area contributed by atoms with Crippen LogP contribution in [0.3, 0.4) is 0 Å². The first-order valence-electron chi connectivity index (χ1n) is 16.1. The number of rotatable bonds is 14.